The highest BCUT2D eigenvalue weighted by molar-refractivity contribution is 6.34. The van der Waals surface area contributed by atoms with Gasteiger partial charge >= 0.3 is 5.97 Å². The Kier molecular flexibility index (Phi) is 8.41. The molecule has 0 radical (unpaired) electrons. The number of aliphatic hydroxyl groups is 1. The van der Waals surface area contributed by atoms with Crippen LogP contribution in [0.2, 0.25) is 5.02 Å². The van der Waals surface area contributed by atoms with Gasteiger partial charge in [-0.1, -0.05) is 35.9 Å². The van der Waals surface area contributed by atoms with E-state index >= 15 is 0 Å². The van der Waals surface area contributed by atoms with Crippen molar-refractivity contribution in [1.29, 1.82) is 0 Å². The number of fused-ring (bicyclic) bond motifs is 1. The van der Waals surface area contributed by atoms with E-state index in [1.165, 1.54) is 0 Å². The quantitative estimate of drug-likeness (QED) is 0.253. The van der Waals surface area contributed by atoms with Gasteiger partial charge in [-0.25, -0.2) is 0 Å². The Hall–Kier alpha value is -2.68. The molecule has 8 nitrogen and oxygen atoms in total. The summed E-state index contributed by atoms with van der Waals surface area (Å²) < 4.78 is 11.9. The lowest BCUT2D eigenvalue weighted by Crippen LogP contribution is -2.56. The number of hydrogen-bond donors (Lipinski definition) is 1. The third kappa shape index (κ3) is 4.71. The Balaban J connectivity index is 1.74. The Morgan fingerprint density at radius 2 is 2.11 bits per heavy atom. The van der Waals surface area contributed by atoms with E-state index in [1.807, 2.05) is 19.1 Å². The van der Waals surface area contributed by atoms with Crippen LogP contribution in [-0.4, -0.2) is 71.8 Å². The molecule has 1 spiro atoms. The van der Waals surface area contributed by atoms with Gasteiger partial charge in [0.25, 0.3) is 5.91 Å². The van der Waals surface area contributed by atoms with Crippen LogP contribution in [0.5, 0.6) is 0 Å². The SMILES string of the molecule is C=CCCOC(=O)[C@@H]1[C@@H]2CCC3(O2)C(C(=O)N(CC=C)c2c(C)cccc2Cl)N(CCCCO)C(=O)[C@H]13. The second kappa shape index (κ2) is 11.4. The molecule has 1 N–H and O–H groups in total. The zero-order chi connectivity index (χ0) is 26.7. The van der Waals surface area contributed by atoms with Crippen LogP contribution in [0, 0.1) is 18.8 Å². The van der Waals surface area contributed by atoms with E-state index in [-0.39, 0.29) is 38.1 Å². The average molecular weight is 531 g/mol. The van der Waals surface area contributed by atoms with Crippen molar-refractivity contribution in [3.05, 3.63) is 54.1 Å². The Morgan fingerprint density at radius 1 is 1.32 bits per heavy atom. The third-order valence-corrected chi connectivity index (χ3v) is 8.02. The first-order valence-corrected chi connectivity index (χ1v) is 13.2. The highest BCUT2D eigenvalue weighted by atomic mass is 35.5. The first kappa shape index (κ1) is 27.4. The van der Waals surface area contributed by atoms with E-state index in [9.17, 15) is 19.5 Å². The highest BCUT2D eigenvalue weighted by Crippen LogP contribution is 2.59. The number of amides is 2. The molecule has 3 aliphatic rings. The molecule has 4 rings (SSSR count). The summed E-state index contributed by atoms with van der Waals surface area (Å²) in [6.45, 7) is 9.97. The number of esters is 1. The van der Waals surface area contributed by atoms with Crippen LogP contribution in [0.1, 0.15) is 37.7 Å². The lowest BCUT2D eigenvalue weighted by Gasteiger charge is -2.37. The van der Waals surface area contributed by atoms with E-state index in [0.717, 1.165) is 5.56 Å². The van der Waals surface area contributed by atoms with Gasteiger partial charge in [-0.15, -0.1) is 13.2 Å². The molecule has 3 fully saturated rings. The van der Waals surface area contributed by atoms with Gasteiger partial charge in [-0.05, 0) is 50.7 Å². The van der Waals surface area contributed by atoms with Gasteiger partial charge in [-0.2, -0.15) is 0 Å². The molecule has 37 heavy (non-hydrogen) atoms. The number of anilines is 1. The first-order valence-electron chi connectivity index (χ1n) is 12.9. The van der Waals surface area contributed by atoms with E-state index in [4.69, 9.17) is 21.1 Å². The summed E-state index contributed by atoms with van der Waals surface area (Å²) >= 11 is 6.56. The highest BCUT2D eigenvalue weighted by Gasteiger charge is 2.75. The van der Waals surface area contributed by atoms with E-state index < -0.39 is 35.6 Å². The number of ether oxygens (including phenoxy) is 2. The van der Waals surface area contributed by atoms with Crippen molar-refractivity contribution in [1.82, 2.24) is 4.90 Å². The zero-order valence-corrected chi connectivity index (χ0v) is 22.0. The lowest BCUT2D eigenvalue weighted by molar-refractivity contribution is -0.155. The van der Waals surface area contributed by atoms with Crippen molar-refractivity contribution in [2.24, 2.45) is 11.8 Å². The number of rotatable bonds is 12. The second-order valence-corrected chi connectivity index (χ2v) is 10.3. The Morgan fingerprint density at radius 3 is 2.78 bits per heavy atom. The van der Waals surface area contributed by atoms with Gasteiger partial charge < -0.3 is 24.4 Å². The maximum absolute atomic E-state index is 14.4. The van der Waals surface area contributed by atoms with Gasteiger partial charge in [0, 0.05) is 19.7 Å². The molecule has 1 aromatic rings. The van der Waals surface area contributed by atoms with Crippen LogP contribution in [0.3, 0.4) is 0 Å². The zero-order valence-electron chi connectivity index (χ0n) is 21.2. The molecule has 1 aromatic carbocycles. The Labute approximate surface area is 222 Å². The summed E-state index contributed by atoms with van der Waals surface area (Å²) in [6.07, 6.45) is 5.36. The van der Waals surface area contributed by atoms with Gasteiger partial charge in [0.15, 0.2) is 0 Å². The summed E-state index contributed by atoms with van der Waals surface area (Å²) in [5, 5.41) is 9.75. The third-order valence-electron chi connectivity index (χ3n) is 7.72. The minimum Gasteiger partial charge on any atom is -0.465 e. The summed E-state index contributed by atoms with van der Waals surface area (Å²) in [5.74, 6) is -2.64. The number of aryl methyl sites for hydroxylation is 1. The number of hydrogen-bond acceptors (Lipinski definition) is 6. The van der Waals surface area contributed by atoms with Crippen molar-refractivity contribution in [3.63, 3.8) is 0 Å². The molecule has 0 aromatic heterocycles. The van der Waals surface area contributed by atoms with Gasteiger partial charge in [0.2, 0.25) is 5.91 Å². The number of likely N-dealkylation sites (tertiary alicyclic amines) is 1. The van der Waals surface area contributed by atoms with E-state index in [0.29, 0.717) is 42.8 Å². The molecule has 3 aliphatic heterocycles. The predicted octanol–water partition coefficient (Wildman–Crippen LogP) is 3.43. The molecule has 9 heteroatoms. The molecule has 0 aliphatic carbocycles. The standard InChI is InChI=1S/C28H35ClN2O6/c1-4-6-17-36-27(35)21-20-12-13-28(37-20)22(21)25(33)31(15-7-8-16-32)24(28)26(34)30(14-5-2)23-18(3)10-9-11-19(23)29/h4-5,9-11,20-22,24,32H,1-2,6-8,12-17H2,3H3/t20-,21+,22-,24?,28?/m0/s1. The second-order valence-electron chi connectivity index (χ2n) is 9.91. The fourth-order valence-corrected chi connectivity index (χ4v) is 6.53. The number of benzene rings is 1. The first-order chi connectivity index (χ1) is 17.8. The van der Waals surface area contributed by atoms with Crippen molar-refractivity contribution in [3.8, 4) is 0 Å². The number of nitrogens with zero attached hydrogens (tertiary/aromatic N) is 2. The fourth-order valence-electron chi connectivity index (χ4n) is 6.21. The normalized spacial score (nSPS) is 27.8. The monoisotopic (exact) mass is 530 g/mol. The molecule has 0 saturated carbocycles. The van der Waals surface area contributed by atoms with Gasteiger partial charge in [-0.3, -0.25) is 14.4 Å². The smallest absolute Gasteiger partial charge is 0.312 e. The van der Waals surface area contributed by atoms with Crippen LogP contribution in [0.25, 0.3) is 0 Å². The largest absolute Gasteiger partial charge is 0.465 e. The van der Waals surface area contributed by atoms with Crippen molar-refractivity contribution in [2.75, 3.05) is 31.2 Å². The van der Waals surface area contributed by atoms with Crippen molar-refractivity contribution in [2.45, 2.75) is 56.8 Å². The van der Waals surface area contributed by atoms with E-state index in [2.05, 4.69) is 13.2 Å². The maximum Gasteiger partial charge on any atom is 0.312 e. The predicted molar refractivity (Wildman–Crippen MR) is 140 cm³/mol. The van der Waals surface area contributed by atoms with Crippen LogP contribution < -0.4 is 4.90 Å². The maximum atomic E-state index is 14.4. The molecule has 200 valence electrons. The Bertz CT molecular complexity index is 1060. The number of halogens is 1. The number of aliphatic hydroxyl groups excluding tert-OH is 1. The summed E-state index contributed by atoms with van der Waals surface area (Å²) in [4.78, 5) is 44.6. The summed E-state index contributed by atoms with van der Waals surface area (Å²) in [6, 6.07) is 4.48. The minimum absolute atomic E-state index is 0.0204. The topological polar surface area (TPSA) is 96.4 Å². The fraction of sp³-hybridized carbons (Fsp3) is 0.536. The molecule has 2 bridgehead atoms. The van der Waals surface area contributed by atoms with Crippen LogP contribution >= 0.6 is 11.6 Å². The average Bonchev–Trinajstić information content (AvgIpc) is 3.51. The van der Waals surface area contributed by atoms with Gasteiger partial charge in [0.05, 0.1) is 35.3 Å². The van der Waals surface area contributed by atoms with Crippen LogP contribution in [-0.2, 0) is 23.9 Å². The number of carbonyl (C=O) groups is 3. The van der Waals surface area contributed by atoms with Gasteiger partial charge in [0.1, 0.15) is 11.6 Å². The van der Waals surface area contributed by atoms with Crippen molar-refractivity contribution < 1.29 is 29.0 Å². The molecule has 5 atom stereocenters. The summed E-state index contributed by atoms with van der Waals surface area (Å²) in [5.41, 5.74) is 0.243. The summed E-state index contributed by atoms with van der Waals surface area (Å²) in [7, 11) is 0. The molecular weight excluding hydrogens is 496 g/mol. The lowest BCUT2D eigenvalue weighted by atomic mass is 9.70. The van der Waals surface area contributed by atoms with Crippen LogP contribution in [0.4, 0.5) is 5.69 Å². The van der Waals surface area contributed by atoms with E-state index in [1.54, 1.807) is 28.0 Å². The molecule has 2 amide bonds. The number of unbranched alkanes of at least 4 members (excludes halogenated alkanes) is 1. The number of carbonyl (C=O) groups excluding carboxylic acids is 3. The number of para-hydroxylation sites is 1. The molecule has 2 unspecified atom stereocenters. The minimum atomic E-state index is -1.13. The van der Waals surface area contributed by atoms with Crippen molar-refractivity contribution >= 4 is 35.1 Å². The molecular formula is C28H35ClN2O6. The van der Waals surface area contributed by atoms with Crippen LogP contribution in [0.15, 0.2) is 43.5 Å². The molecule has 3 saturated heterocycles. The molecule has 3 heterocycles.